The highest BCUT2D eigenvalue weighted by atomic mass is 32.2. The van der Waals surface area contributed by atoms with Crippen LogP contribution in [0.25, 0.3) is 0 Å². The van der Waals surface area contributed by atoms with Gasteiger partial charge in [-0.15, -0.1) is 11.3 Å². The van der Waals surface area contributed by atoms with Gasteiger partial charge in [0.15, 0.2) is 0 Å². The number of carbonyl (C=O) groups is 2. The standard InChI is InChI=1S/C9H11NO3S2/c1-5-3-6(9(12)13)8(15-5)10-7(11)4-14-2/h3H,4H2,1-2H3,(H,10,11)(H,12,13). The average Bonchev–Trinajstić information content (AvgIpc) is 2.47. The fraction of sp³-hybridized carbons (Fsp3) is 0.333. The molecule has 1 heterocycles. The molecule has 0 atom stereocenters. The minimum atomic E-state index is -1.01. The third-order valence-corrected chi connectivity index (χ3v) is 3.13. The molecule has 15 heavy (non-hydrogen) atoms. The normalized spacial score (nSPS) is 10.0. The van der Waals surface area contributed by atoms with Gasteiger partial charge in [-0.05, 0) is 19.2 Å². The van der Waals surface area contributed by atoms with E-state index in [0.717, 1.165) is 4.88 Å². The summed E-state index contributed by atoms with van der Waals surface area (Å²) in [5.41, 5.74) is 0.159. The predicted octanol–water partition coefficient (Wildman–Crippen LogP) is 2.06. The van der Waals surface area contributed by atoms with E-state index in [0.29, 0.717) is 10.8 Å². The van der Waals surface area contributed by atoms with Gasteiger partial charge in [0.2, 0.25) is 5.91 Å². The van der Waals surface area contributed by atoms with Crippen molar-refractivity contribution in [2.75, 3.05) is 17.3 Å². The van der Waals surface area contributed by atoms with E-state index >= 15 is 0 Å². The fourth-order valence-electron chi connectivity index (χ4n) is 1.06. The molecule has 0 fully saturated rings. The zero-order valence-electron chi connectivity index (χ0n) is 8.36. The summed E-state index contributed by atoms with van der Waals surface area (Å²) in [5, 5.41) is 11.9. The van der Waals surface area contributed by atoms with Gasteiger partial charge < -0.3 is 10.4 Å². The van der Waals surface area contributed by atoms with Crippen molar-refractivity contribution in [3.63, 3.8) is 0 Å². The molecule has 0 saturated heterocycles. The third-order valence-electron chi connectivity index (χ3n) is 1.61. The quantitative estimate of drug-likeness (QED) is 0.852. The molecule has 0 bridgehead atoms. The Balaban J connectivity index is 2.84. The summed E-state index contributed by atoms with van der Waals surface area (Å²) < 4.78 is 0. The monoisotopic (exact) mass is 245 g/mol. The fourth-order valence-corrected chi connectivity index (χ4v) is 2.31. The van der Waals surface area contributed by atoms with Crippen molar-refractivity contribution in [3.8, 4) is 0 Å². The van der Waals surface area contributed by atoms with Gasteiger partial charge in [-0.25, -0.2) is 4.79 Å². The highest BCUT2D eigenvalue weighted by Crippen LogP contribution is 2.27. The Bertz CT molecular complexity index is 387. The number of anilines is 1. The van der Waals surface area contributed by atoms with Crippen LogP contribution < -0.4 is 5.32 Å². The molecule has 1 amide bonds. The Morgan fingerprint density at radius 1 is 1.60 bits per heavy atom. The van der Waals surface area contributed by atoms with E-state index < -0.39 is 5.97 Å². The molecular formula is C9H11NO3S2. The van der Waals surface area contributed by atoms with Crippen LogP contribution in [0.1, 0.15) is 15.2 Å². The number of carbonyl (C=O) groups excluding carboxylic acids is 1. The molecule has 1 rings (SSSR count). The molecule has 0 aliphatic heterocycles. The molecule has 4 nitrogen and oxygen atoms in total. The van der Waals surface area contributed by atoms with Gasteiger partial charge in [0.05, 0.1) is 11.3 Å². The summed E-state index contributed by atoms with van der Waals surface area (Å²) in [6.45, 7) is 1.81. The van der Waals surface area contributed by atoms with Crippen molar-refractivity contribution < 1.29 is 14.7 Å². The van der Waals surface area contributed by atoms with Crippen LogP contribution >= 0.6 is 23.1 Å². The molecule has 2 N–H and O–H groups in total. The summed E-state index contributed by atoms with van der Waals surface area (Å²) in [6.07, 6.45) is 1.82. The van der Waals surface area contributed by atoms with Crippen LogP contribution in [-0.4, -0.2) is 29.0 Å². The SMILES string of the molecule is CSCC(=O)Nc1sc(C)cc1C(=O)O. The zero-order chi connectivity index (χ0) is 11.4. The number of carboxylic acid groups (broad SMARTS) is 1. The van der Waals surface area contributed by atoms with Crippen molar-refractivity contribution in [1.29, 1.82) is 0 Å². The highest BCUT2D eigenvalue weighted by molar-refractivity contribution is 7.99. The number of thioether (sulfide) groups is 1. The van der Waals surface area contributed by atoms with Gasteiger partial charge in [-0.2, -0.15) is 11.8 Å². The minimum Gasteiger partial charge on any atom is -0.478 e. The summed E-state index contributed by atoms with van der Waals surface area (Å²) >= 11 is 2.67. The summed E-state index contributed by atoms with van der Waals surface area (Å²) in [7, 11) is 0. The van der Waals surface area contributed by atoms with E-state index in [2.05, 4.69) is 5.32 Å². The first-order valence-electron chi connectivity index (χ1n) is 4.17. The van der Waals surface area contributed by atoms with Crippen molar-refractivity contribution >= 4 is 40.0 Å². The Morgan fingerprint density at radius 2 is 2.27 bits per heavy atom. The number of hydrogen-bond donors (Lipinski definition) is 2. The average molecular weight is 245 g/mol. The summed E-state index contributed by atoms with van der Waals surface area (Å²) in [4.78, 5) is 23.0. The number of rotatable bonds is 4. The first kappa shape index (κ1) is 12.1. The van der Waals surface area contributed by atoms with E-state index in [1.54, 1.807) is 13.0 Å². The Labute approximate surface area is 95.7 Å². The number of aryl methyl sites for hydroxylation is 1. The number of thiophene rings is 1. The topological polar surface area (TPSA) is 66.4 Å². The lowest BCUT2D eigenvalue weighted by Gasteiger charge is -2.01. The predicted molar refractivity (Wildman–Crippen MR) is 63.0 cm³/mol. The zero-order valence-corrected chi connectivity index (χ0v) is 10.00. The number of carboxylic acids is 1. The van der Waals surface area contributed by atoms with Crippen LogP contribution in [-0.2, 0) is 4.79 Å². The Hall–Kier alpha value is -1.01. The molecule has 0 aromatic carbocycles. The second kappa shape index (κ2) is 5.18. The van der Waals surface area contributed by atoms with Gasteiger partial charge in [0.1, 0.15) is 5.00 Å². The van der Waals surface area contributed by atoms with Gasteiger partial charge in [-0.1, -0.05) is 0 Å². The molecule has 0 radical (unpaired) electrons. The van der Waals surface area contributed by atoms with Crippen molar-refractivity contribution in [3.05, 3.63) is 16.5 Å². The van der Waals surface area contributed by atoms with E-state index in [-0.39, 0.29) is 11.5 Å². The third kappa shape index (κ3) is 3.24. The molecule has 1 aromatic rings. The van der Waals surface area contributed by atoms with Crippen molar-refractivity contribution in [1.82, 2.24) is 0 Å². The Kier molecular flexibility index (Phi) is 4.16. The molecule has 0 spiro atoms. The number of nitrogens with one attached hydrogen (secondary N) is 1. The molecule has 0 aliphatic carbocycles. The molecule has 0 unspecified atom stereocenters. The maximum Gasteiger partial charge on any atom is 0.338 e. The van der Waals surface area contributed by atoms with Crippen LogP contribution in [0, 0.1) is 6.92 Å². The lowest BCUT2D eigenvalue weighted by Crippen LogP contribution is -2.14. The molecule has 0 aliphatic rings. The van der Waals surface area contributed by atoms with Gasteiger partial charge in [-0.3, -0.25) is 4.79 Å². The van der Waals surface area contributed by atoms with E-state index in [9.17, 15) is 9.59 Å². The first-order valence-corrected chi connectivity index (χ1v) is 6.38. The highest BCUT2D eigenvalue weighted by Gasteiger charge is 2.15. The first-order chi connectivity index (χ1) is 7.04. The second-order valence-corrected chi connectivity index (χ2v) is 5.01. The summed E-state index contributed by atoms with van der Waals surface area (Å²) in [5.74, 6) is -0.860. The van der Waals surface area contributed by atoms with Crippen LogP contribution in [0.2, 0.25) is 0 Å². The van der Waals surface area contributed by atoms with Crippen molar-refractivity contribution in [2.45, 2.75) is 6.92 Å². The van der Waals surface area contributed by atoms with Crippen LogP contribution in [0.15, 0.2) is 6.07 Å². The van der Waals surface area contributed by atoms with Crippen LogP contribution in [0.4, 0.5) is 5.00 Å². The maximum absolute atomic E-state index is 11.3. The van der Waals surface area contributed by atoms with Gasteiger partial charge in [0, 0.05) is 4.88 Å². The van der Waals surface area contributed by atoms with E-state index in [4.69, 9.17) is 5.11 Å². The van der Waals surface area contributed by atoms with E-state index in [1.165, 1.54) is 23.1 Å². The minimum absolute atomic E-state index is 0.159. The molecule has 0 saturated carbocycles. The Morgan fingerprint density at radius 3 is 2.80 bits per heavy atom. The van der Waals surface area contributed by atoms with Gasteiger partial charge in [0.25, 0.3) is 0 Å². The lowest BCUT2D eigenvalue weighted by atomic mass is 10.3. The van der Waals surface area contributed by atoms with E-state index in [1.807, 2.05) is 6.26 Å². The smallest absolute Gasteiger partial charge is 0.338 e. The van der Waals surface area contributed by atoms with Gasteiger partial charge >= 0.3 is 5.97 Å². The molecule has 1 aromatic heterocycles. The second-order valence-electron chi connectivity index (χ2n) is 2.89. The molecular weight excluding hydrogens is 234 g/mol. The number of aromatic carboxylic acids is 1. The maximum atomic E-state index is 11.3. The largest absolute Gasteiger partial charge is 0.478 e. The molecule has 6 heteroatoms. The van der Waals surface area contributed by atoms with Crippen LogP contribution in [0.5, 0.6) is 0 Å². The summed E-state index contributed by atoms with van der Waals surface area (Å²) in [6, 6.07) is 1.56. The lowest BCUT2D eigenvalue weighted by molar-refractivity contribution is -0.113. The van der Waals surface area contributed by atoms with Crippen molar-refractivity contribution in [2.24, 2.45) is 0 Å². The number of hydrogen-bond acceptors (Lipinski definition) is 4. The number of amides is 1. The van der Waals surface area contributed by atoms with Crippen LogP contribution in [0.3, 0.4) is 0 Å². The molecule has 82 valence electrons.